The largest absolute Gasteiger partial charge is 0.493 e. The minimum atomic E-state index is 0.260. The number of hydrogen-bond donors (Lipinski definition) is 1. The molecule has 0 saturated carbocycles. The lowest BCUT2D eigenvalue weighted by Crippen LogP contribution is -1.87. The van der Waals surface area contributed by atoms with Crippen LogP contribution >= 0.6 is 0 Å². The molecule has 0 aromatic heterocycles. The summed E-state index contributed by atoms with van der Waals surface area (Å²) >= 11 is 0. The molecular weight excluding hydrogens is 156 g/mol. The van der Waals surface area contributed by atoms with E-state index in [2.05, 4.69) is 5.18 Å². The first-order valence-corrected chi connectivity index (χ1v) is 3.70. The molecule has 0 unspecified atom stereocenters. The topological polar surface area (TPSA) is 64.7 Å². The van der Waals surface area contributed by atoms with Crippen LogP contribution in [0.1, 0.15) is 5.56 Å². The van der Waals surface area contributed by atoms with Gasteiger partial charge < -0.3 is 10.5 Å². The van der Waals surface area contributed by atoms with Gasteiger partial charge in [0.1, 0.15) is 11.4 Å². The molecule has 0 atom stereocenters. The van der Waals surface area contributed by atoms with Crippen LogP contribution in [0, 0.1) is 4.91 Å². The molecule has 1 aromatic rings. The molecule has 2 N–H and O–H groups in total. The van der Waals surface area contributed by atoms with E-state index in [-0.39, 0.29) is 5.69 Å². The van der Waals surface area contributed by atoms with Crippen LogP contribution < -0.4 is 10.5 Å². The van der Waals surface area contributed by atoms with Crippen molar-refractivity contribution in [2.45, 2.75) is 6.42 Å². The van der Waals surface area contributed by atoms with E-state index in [4.69, 9.17) is 10.5 Å². The van der Waals surface area contributed by atoms with E-state index in [9.17, 15) is 4.91 Å². The van der Waals surface area contributed by atoms with Crippen molar-refractivity contribution in [3.8, 4) is 5.75 Å². The molecule has 12 heavy (non-hydrogen) atoms. The van der Waals surface area contributed by atoms with Crippen LogP contribution in [0.15, 0.2) is 17.3 Å². The molecule has 0 bridgehead atoms. The van der Waals surface area contributed by atoms with Crippen molar-refractivity contribution in [3.05, 3.63) is 22.6 Å². The SMILES string of the molecule is Nc1cc2c(cc1N=O)OCC2. The Kier molecular flexibility index (Phi) is 1.46. The first kappa shape index (κ1) is 7.09. The van der Waals surface area contributed by atoms with Crippen molar-refractivity contribution in [1.29, 1.82) is 0 Å². The second-order valence-corrected chi connectivity index (χ2v) is 2.71. The standard InChI is InChI=1S/C8H8N2O2/c9-6-3-5-1-2-12-8(5)4-7(6)10-11/h3-4H,1-2,9H2. The summed E-state index contributed by atoms with van der Waals surface area (Å²) in [6, 6.07) is 3.34. The summed E-state index contributed by atoms with van der Waals surface area (Å²) in [5.74, 6) is 0.735. The average molecular weight is 164 g/mol. The Morgan fingerprint density at radius 1 is 1.50 bits per heavy atom. The molecule has 0 spiro atoms. The molecule has 0 saturated heterocycles. The zero-order valence-corrected chi connectivity index (χ0v) is 6.41. The third-order valence-corrected chi connectivity index (χ3v) is 1.94. The van der Waals surface area contributed by atoms with Crippen LogP contribution in [0.3, 0.4) is 0 Å². The summed E-state index contributed by atoms with van der Waals surface area (Å²) < 4.78 is 5.24. The molecule has 2 rings (SSSR count). The van der Waals surface area contributed by atoms with Gasteiger partial charge in [-0.25, -0.2) is 0 Å². The molecular formula is C8H8N2O2. The maximum absolute atomic E-state index is 10.2. The van der Waals surface area contributed by atoms with Gasteiger partial charge in [-0.05, 0) is 16.8 Å². The highest BCUT2D eigenvalue weighted by molar-refractivity contribution is 5.67. The number of nitrogens with two attached hydrogens (primary N) is 1. The molecule has 0 amide bonds. The Morgan fingerprint density at radius 2 is 2.33 bits per heavy atom. The Hall–Kier alpha value is -1.58. The number of anilines is 1. The number of rotatable bonds is 1. The molecule has 1 aliphatic rings. The minimum Gasteiger partial charge on any atom is -0.493 e. The number of nitrogens with zero attached hydrogens (tertiary/aromatic N) is 1. The lowest BCUT2D eigenvalue weighted by molar-refractivity contribution is 0.357. The number of nitrogen functional groups attached to an aromatic ring is 1. The van der Waals surface area contributed by atoms with Gasteiger partial charge in [-0.15, -0.1) is 4.91 Å². The number of hydrogen-bond acceptors (Lipinski definition) is 4. The Bertz CT molecular complexity index is 336. The first-order valence-electron chi connectivity index (χ1n) is 3.70. The molecule has 1 aliphatic heterocycles. The predicted molar refractivity (Wildman–Crippen MR) is 45.5 cm³/mol. The van der Waals surface area contributed by atoms with Gasteiger partial charge in [0.05, 0.1) is 12.3 Å². The van der Waals surface area contributed by atoms with Crippen LogP contribution in [0.2, 0.25) is 0 Å². The highest BCUT2D eigenvalue weighted by Gasteiger charge is 2.14. The predicted octanol–water partition coefficient (Wildman–Crippen LogP) is 1.60. The van der Waals surface area contributed by atoms with E-state index in [0.717, 1.165) is 17.7 Å². The fourth-order valence-electron chi connectivity index (χ4n) is 1.31. The van der Waals surface area contributed by atoms with Crippen molar-refractivity contribution >= 4 is 11.4 Å². The van der Waals surface area contributed by atoms with Crippen LogP contribution in [-0.2, 0) is 6.42 Å². The molecule has 0 fully saturated rings. The summed E-state index contributed by atoms with van der Waals surface area (Å²) in [5, 5.41) is 2.79. The summed E-state index contributed by atoms with van der Waals surface area (Å²) in [7, 11) is 0. The Morgan fingerprint density at radius 3 is 3.08 bits per heavy atom. The van der Waals surface area contributed by atoms with Gasteiger partial charge in [0.15, 0.2) is 0 Å². The third kappa shape index (κ3) is 0.922. The molecule has 4 nitrogen and oxygen atoms in total. The molecule has 1 heterocycles. The fraction of sp³-hybridized carbons (Fsp3) is 0.250. The second-order valence-electron chi connectivity index (χ2n) is 2.71. The zero-order chi connectivity index (χ0) is 8.55. The van der Waals surface area contributed by atoms with Gasteiger partial charge in [0, 0.05) is 12.5 Å². The fourth-order valence-corrected chi connectivity index (χ4v) is 1.31. The molecule has 0 radical (unpaired) electrons. The molecule has 0 aliphatic carbocycles. The van der Waals surface area contributed by atoms with Crippen LogP contribution in [0.5, 0.6) is 5.75 Å². The Balaban J connectivity index is 2.56. The van der Waals surface area contributed by atoms with E-state index in [0.29, 0.717) is 12.3 Å². The third-order valence-electron chi connectivity index (χ3n) is 1.94. The van der Waals surface area contributed by atoms with Gasteiger partial charge in [0.25, 0.3) is 0 Å². The maximum Gasteiger partial charge on any atom is 0.134 e. The summed E-state index contributed by atoms with van der Waals surface area (Å²) in [6.45, 7) is 0.664. The number of benzene rings is 1. The second kappa shape index (κ2) is 2.48. The van der Waals surface area contributed by atoms with Crippen molar-refractivity contribution in [1.82, 2.24) is 0 Å². The lowest BCUT2D eigenvalue weighted by atomic mass is 10.1. The number of fused-ring (bicyclic) bond motifs is 1. The Labute approximate surface area is 69.3 Å². The smallest absolute Gasteiger partial charge is 0.134 e. The van der Waals surface area contributed by atoms with E-state index in [1.54, 1.807) is 12.1 Å². The summed E-state index contributed by atoms with van der Waals surface area (Å²) in [6.07, 6.45) is 0.860. The highest BCUT2D eigenvalue weighted by atomic mass is 16.5. The highest BCUT2D eigenvalue weighted by Crippen LogP contribution is 2.34. The van der Waals surface area contributed by atoms with E-state index in [1.807, 2.05) is 0 Å². The monoisotopic (exact) mass is 164 g/mol. The zero-order valence-electron chi connectivity index (χ0n) is 6.41. The van der Waals surface area contributed by atoms with Crippen molar-refractivity contribution in [2.24, 2.45) is 5.18 Å². The van der Waals surface area contributed by atoms with Crippen LogP contribution in [-0.4, -0.2) is 6.61 Å². The van der Waals surface area contributed by atoms with Gasteiger partial charge in [0.2, 0.25) is 0 Å². The van der Waals surface area contributed by atoms with Crippen LogP contribution in [0.25, 0.3) is 0 Å². The van der Waals surface area contributed by atoms with Crippen molar-refractivity contribution in [3.63, 3.8) is 0 Å². The minimum absolute atomic E-state index is 0.260. The van der Waals surface area contributed by atoms with Gasteiger partial charge in [-0.3, -0.25) is 0 Å². The summed E-state index contributed by atoms with van der Waals surface area (Å²) in [5.41, 5.74) is 7.30. The van der Waals surface area contributed by atoms with Crippen molar-refractivity contribution < 1.29 is 4.74 Å². The van der Waals surface area contributed by atoms with Gasteiger partial charge >= 0.3 is 0 Å². The maximum atomic E-state index is 10.2. The molecule has 1 aromatic carbocycles. The quantitative estimate of drug-likeness (QED) is 0.506. The number of ether oxygens (including phenoxy) is 1. The first-order chi connectivity index (χ1) is 5.81. The normalized spacial score (nSPS) is 13.7. The van der Waals surface area contributed by atoms with Crippen LogP contribution in [0.4, 0.5) is 11.4 Å². The lowest BCUT2D eigenvalue weighted by Gasteiger charge is -2.01. The summed E-state index contributed by atoms with van der Waals surface area (Å²) in [4.78, 5) is 10.2. The molecule has 62 valence electrons. The average Bonchev–Trinajstić information content (AvgIpc) is 2.49. The van der Waals surface area contributed by atoms with Gasteiger partial charge in [-0.1, -0.05) is 0 Å². The van der Waals surface area contributed by atoms with Crippen molar-refractivity contribution in [2.75, 3.05) is 12.3 Å². The van der Waals surface area contributed by atoms with Gasteiger partial charge in [-0.2, -0.15) is 0 Å². The van der Waals surface area contributed by atoms with E-state index in [1.165, 1.54) is 0 Å². The van der Waals surface area contributed by atoms with E-state index < -0.39 is 0 Å². The number of nitroso groups, excluding NO2 is 1. The molecule has 4 heteroatoms. The van der Waals surface area contributed by atoms with E-state index >= 15 is 0 Å².